The minimum absolute atomic E-state index is 0.0932. The summed E-state index contributed by atoms with van der Waals surface area (Å²) < 4.78 is 16.5. The highest BCUT2D eigenvalue weighted by Gasteiger charge is 2.43. The number of benzene rings is 1. The first kappa shape index (κ1) is 17.6. The van der Waals surface area contributed by atoms with Gasteiger partial charge < -0.3 is 19.3 Å². The highest BCUT2D eigenvalue weighted by Crippen LogP contribution is 2.51. The maximum atomic E-state index is 13.2. The molecule has 1 aliphatic carbocycles. The Bertz CT molecular complexity index is 955. The van der Waals surface area contributed by atoms with Crippen LogP contribution < -0.4 is 14.8 Å². The molecule has 0 saturated carbocycles. The van der Waals surface area contributed by atoms with Gasteiger partial charge in [-0.2, -0.15) is 0 Å². The van der Waals surface area contributed by atoms with Crippen molar-refractivity contribution >= 4 is 11.7 Å². The van der Waals surface area contributed by atoms with Gasteiger partial charge in [0.1, 0.15) is 11.5 Å². The normalized spacial score (nSPS) is 20.6. The Kier molecular flexibility index (Phi) is 4.02. The Morgan fingerprint density at radius 2 is 2.00 bits per heavy atom. The van der Waals surface area contributed by atoms with E-state index in [1.54, 1.807) is 14.2 Å². The first-order chi connectivity index (χ1) is 12.8. The van der Waals surface area contributed by atoms with Crippen LogP contribution in [-0.4, -0.2) is 25.2 Å². The second-order valence-corrected chi connectivity index (χ2v) is 8.01. The van der Waals surface area contributed by atoms with E-state index in [2.05, 4.69) is 24.3 Å². The Morgan fingerprint density at radius 3 is 2.70 bits per heavy atom. The zero-order valence-electron chi connectivity index (χ0n) is 16.3. The number of hydrogen-bond acceptors (Lipinski definition) is 6. The molecular formula is C21H24N2O4. The van der Waals surface area contributed by atoms with Gasteiger partial charge in [-0.25, -0.2) is 0 Å². The molecule has 142 valence electrons. The summed E-state index contributed by atoms with van der Waals surface area (Å²) in [6.07, 6.45) is 1.30. The first-order valence-electron chi connectivity index (χ1n) is 9.06. The Morgan fingerprint density at radius 1 is 1.22 bits per heavy atom. The van der Waals surface area contributed by atoms with Gasteiger partial charge >= 0.3 is 0 Å². The molecule has 1 aliphatic heterocycles. The molecule has 1 aromatic heterocycles. The van der Waals surface area contributed by atoms with Gasteiger partial charge in [-0.05, 0) is 24.8 Å². The van der Waals surface area contributed by atoms with Gasteiger partial charge in [-0.3, -0.25) is 4.79 Å². The van der Waals surface area contributed by atoms with Crippen molar-refractivity contribution in [2.24, 2.45) is 5.41 Å². The molecule has 2 aliphatic rings. The third-order valence-corrected chi connectivity index (χ3v) is 5.42. The summed E-state index contributed by atoms with van der Waals surface area (Å²) in [5.74, 6) is 1.88. The fourth-order valence-electron chi connectivity index (χ4n) is 4.24. The molecule has 1 N–H and O–H groups in total. The van der Waals surface area contributed by atoms with Crippen LogP contribution in [0.4, 0.5) is 5.88 Å². The molecule has 0 spiro atoms. The van der Waals surface area contributed by atoms with Gasteiger partial charge in [0.05, 0.1) is 31.4 Å². The van der Waals surface area contributed by atoms with Crippen LogP contribution in [0.1, 0.15) is 49.4 Å². The minimum atomic E-state index is -0.271. The minimum Gasteiger partial charge on any atom is -0.497 e. The molecule has 1 atom stereocenters. The van der Waals surface area contributed by atoms with E-state index >= 15 is 0 Å². The molecule has 1 unspecified atom stereocenters. The van der Waals surface area contributed by atoms with Crippen LogP contribution in [0.25, 0.3) is 0 Å². The number of methoxy groups -OCH3 is 2. The molecule has 0 fully saturated rings. The predicted octanol–water partition coefficient (Wildman–Crippen LogP) is 4.20. The Hall–Kier alpha value is -2.76. The van der Waals surface area contributed by atoms with Crippen LogP contribution in [0.2, 0.25) is 0 Å². The van der Waals surface area contributed by atoms with Crippen LogP contribution in [0.5, 0.6) is 11.5 Å². The van der Waals surface area contributed by atoms with Crippen molar-refractivity contribution in [3.8, 4) is 11.5 Å². The van der Waals surface area contributed by atoms with E-state index in [-0.39, 0.29) is 17.1 Å². The zero-order chi connectivity index (χ0) is 19.3. The van der Waals surface area contributed by atoms with E-state index in [1.807, 2.05) is 25.1 Å². The lowest BCUT2D eigenvalue weighted by molar-refractivity contribution is -0.118. The van der Waals surface area contributed by atoms with Crippen LogP contribution in [0.3, 0.4) is 0 Å². The summed E-state index contributed by atoms with van der Waals surface area (Å²) in [5.41, 5.74) is 4.19. The predicted molar refractivity (Wildman–Crippen MR) is 101 cm³/mol. The number of carbonyl (C=O) groups is 1. The largest absolute Gasteiger partial charge is 0.497 e. The van der Waals surface area contributed by atoms with Gasteiger partial charge in [0.25, 0.3) is 0 Å². The fraction of sp³-hybridized carbons (Fsp3) is 0.429. The molecule has 0 saturated heterocycles. The van der Waals surface area contributed by atoms with Crippen molar-refractivity contribution < 1.29 is 18.8 Å². The number of nitrogens with zero attached hydrogens (tertiary/aromatic N) is 1. The quantitative estimate of drug-likeness (QED) is 0.875. The van der Waals surface area contributed by atoms with Crippen molar-refractivity contribution in [1.29, 1.82) is 0 Å². The van der Waals surface area contributed by atoms with Crippen LogP contribution in [-0.2, 0) is 4.79 Å². The molecular weight excluding hydrogens is 344 g/mol. The smallest absolute Gasteiger partial charge is 0.233 e. The summed E-state index contributed by atoms with van der Waals surface area (Å²) in [6, 6.07) is 5.69. The van der Waals surface area contributed by atoms with Gasteiger partial charge in [0.2, 0.25) is 5.88 Å². The molecule has 4 rings (SSSR count). The third-order valence-electron chi connectivity index (χ3n) is 5.42. The summed E-state index contributed by atoms with van der Waals surface area (Å²) in [7, 11) is 3.25. The van der Waals surface area contributed by atoms with E-state index in [9.17, 15) is 4.79 Å². The maximum absolute atomic E-state index is 13.2. The average molecular weight is 368 g/mol. The van der Waals surface area contributed by atoms with Gasteiger partial charge in [-0.15, -0.1) is 0 Å². The lowest BCUT2D eigenvalue weighted by Gasteiger charge is -2.38. The number of rotatable bonds is 3. The summed E-state index contributed by atoms with van der Waals surface area (Å²) in [5, 5.41) is 7.47. The summed E-state index contributed by atoms with van der Waals surface area (Å²) in [4.78, 5) is 13.2. The number of aromatic nitrogens is 1. The number of carbonyl (C=O) groups excluding carboxylic acids is 1. The van der Waals surface area contributed by atoms with Gasteiger partial charge in [-0.1, -0.05) is 25.1 Å². The second-order valence-electron chi connectivity index (χ2n) is 8.01. The first-order valence-corrected chi connectivity index (χ1v) is 9.06. The van der Waals surface area contributed by atoms with Crippen LogP contribution >= 0.6 is 0 Å². The van der Waals surface area contributed by atoms with Crippen molar-refractivity contribution in [2.45, 2.75) is 39.5 Å². The second kappa shape index (κ2) is 6.15. The van der Waals surface area contributed by atoms with Crippen LogP contribution in [0, 0.1) is 12.3 Å². The Labute approximate surface area is 158 Å². The van der Waals surface area contributed by atoms with E-state index in [4.69, 9.17) is 14.0 Å². The Balaban J connectivity index is 1.95. The molecule has 2 heterocycles. The molecule has 0 radical (unpaired) electrons. The van der Waals surface area contributed by atoms with E-state index in [0.29, 0.717) is 23.8 Å². The van der Waals surface area contributed by atoms with Crippen molar-refractivity contribution in [3.05, 3.63) is 46.3 Å². The number of hydrogen-bond donors (Lipinski definition) is 1. The van der Waals surface area contributed by atoms with E-state index < -0.39 is 0 Å². The summed E-state index contributed by atoms with van der Waals surface area (Å²) >= 11 is 0. The fourth-order valence-corrected chi connectivity index (χ4v) is 4.24. The third kappa shape index (κ3) is 2.80. The topological polar surface area (TPSA) is 73.6 Å². The molecule has 2 aromatic rings. The van der Waals surface area contributed by atoms with Crippen molar-refractivity contribution in [3.63, 3.8) is 0 Å². The van der Waals surface area contributed by atoms with Crippen LogP contribution in [0.15, 0.2) is 34.0 Å². The average Bonchev–Trinajstić information content (AvgIpc) is 2.99. The monoisotopic (exact) mass is 368 g/mol. The number of anilines is 1. The molecule has 0 amide bonds. The molecule has 6 heteroatoms. The summed E-state index contributed by atoms with van der Waals surface area (Å²) in [6.45, 7) is 6.12. The van der Waals surface area contributed by atoms with E-state index in [1.165, 1.54) is 0 Å². The lowest BCUT2D eigenvalue weighted by Crippen LogP contribution is -2.33. The number of aryl methyl sites for hydroxylation is 1. The highest BCUT2D eigenvalue weighted by molar-refractivity contribution is 6.01. The molecule has 27 heavy (non-hydrogen) atoms. The van der Waals surface area contributed by atoms with Crippen molar-refractivity contribution in [2.75, 3.05) is 19.5 Å². The lowest BCUT2D eigenvalue weighted by atomic mass is 9.69. The SMILES string of the molecule is COc1ccc(C2C3=C(CC(C)(C)CC3=O)Nc3onc(C)c32)c(OC)c1. The number of nitrogens with one attached hydrogen (secondary N) is 1. The standard InChI is InChI=1S/C21H24N2O4/c1-11-17-18(13-7-6-12(25-4)8-16(13)26-5)19-14(22-20(17)27-23-11)9-21(2,3)10-15(19)24/h6-8,18,22H,9-10H2,1-5H3. The molecule has 1 aromatic carbocycles. The zero-order valence-corrected chi connectivity index (χ0v) is 16.3. The number of Topliss-reactive ketones (excluding diaryl/α,β-unsaturated/α-hetero) is 1. The maximum Gasteiger partial charge on any atom is 0.233 e. The molecule has 0 bridgehead atoms. The van der Waals surface area contributed by atoms with Crippen molar-refractivity contribution in [1.82, 2.24) is 5.16 Å². The van der Waals surface area contributed by atoms with Gasteiger partial charge in [0, 0.05) is 29.3 Å². The number of ketones is 1. The van der Waals surface area contributed by atoms with E-state index in [0.717, 1.165) is 34.5 Å². The number of ether oxygens (including phenoxy) is 2. The van der Waals surface area contributed by atoms with Gasteiger partial charge in [0.15, 0.2) is 5.78 Å². The molecule has 6 nitrogen and oxygen atoms in total. The number of fused-ring (bicyclic) bond motifs is 1. The highest BCUT2D eigenvalue weighted by atomic mass is 16.5. The number of allylic oxidation sites excluding steroid dienone is 2.